The molecule has 0 aromatic carbocycles. The van der Waals surface area contributed by atoms with Crippen molar-refractivity contribution >= 4 is 52.8 Å². The molecule has 12 nitrogen and oxygen atoms in total. The summed E-state index contributed by atoms with van der Waals surface area (Å²) in [5.41, 5.74) is -2.68. The molecule has 3 amide bonds. The fraction of sp³-hybridized carbons (Fsp3) is 0.667. The van der Waals surface area contributed by atoms with E-state index in [0.29, 0.717) is 17.3 Å². The van der Waals surface area contributed by atoms with Gasteiger partial charge in [-0.15, -0.1) is 22.9 Å². The Labute approximate surface area is 269 Å². The summed E-state index contributed by atoms with van der Waals surface area (Å²) < 4.78 is 16.2. The van der Waals surface area contributed by atoms with Gasteiger partial charge in [-0.05, 0) is 73.8 Å². The Morgan fingerprint density at radius 3 is 2.16 bits per heavy atom. The lowest BCUT2D eigenvalue weighted by atomic mass is 10.00. The van der Waals surface area contributed by atoms with E-state index in [-0.39, 0.29) is 24.6 Å². The maximum Gasteiger partial charge on any atom is 0.408 e. The first-order valence-electron chi connectivity index (χ1n) is 14.3. The van der Waals surface area contributed by atoms with Gasteiger partial charge in [-0.3, -0.25) is 9.59 Å². The Morgan fingerprint density at radius 2 is 1.61 bits per heavy atom. The van der Waals surface area contributed by atoms with E-state index in [1.54, 1.807) is 72.9 Å². The molecule has 44 heavy (non-hydrogen) atoms. The summed E-state index contributed by atoms with van der Waals surface area (Å²) in [7, 11) is 0. The molecule has 0 aliphatic rings. The zero-order valence-corrected chi connectivity index (χ0v) is 28.9. The Balaban J connectivity index is 2.89. The Bertz CT molecular complexity index is 1180. The standard InChI is InChI=1S/C30H47ClN4O8S/c1-18(2)23(34-26(39)30(9,10)35-27(40)43-29(6,7)8)25(38)41-19(13-11-12-14-31)15-21(36)32-16-22-33-20(17-44-22)24(37)42-28(3,4)5/h11,13,17-19,23H,12,14-16H2,1-10H3,(H,32,36)(H,34,39)(H,35,40)/b13-11+/t19-,23+/m1/s1. The number of aromatic nitrogens is 1. The Hall–Kier alpha value is -3.19. The van der Waals surface area contributed by atoms with Crippen LogP contribution in [0.15, 0.2) is 17.5 Å². The minimum absolute atomic E-state index is 0.0583. The number of ether oxygens (including phenoxy) is 3. The smallest absolute Gasteiger partial charge is 0.408 e. The molecule has 1 aromatic rings. The fourth-order valence-corrected chi connectivity index (χ4v) is 4.19. The largest absolute Gasteiger partial charge is 0.456 e. The molecule has 248 valence electrons. The highest BCUT2D eigenvalue weighted by Gasteiger charge is 2.36. The number of alkyl carbamates (subject to hydrolysis) is 1. The van der Waals surface area contributed by atoms with Crippen LogP contribution in [0.3, 0.4) is 0 Å². The van der Waals surface area contributed by atoms with Gasteiger partial charge in [0.15, 0.2) is 5.69 Å². The predicted octanol–water partition coefficient (Wildman–Crippen LogP) is 4.65. The van der Waals surface area contributed by atoms with Gasteiger partial charge in [0.1, 0.15) is 33.9 Å². The molecule has 0 saturated heterocycles. The second-order valence-corrected chi connectivity index (χ2v) is 14.3. The van der Waals surface area contributed by atoms with Crippen molar-refractivity contribution in [3.8, 4) is 0 Å². The number of esters is 2. The van der Waals surface area contributed by atoms with Crippen molar-refractivity contribution in [2.24, 2.45) is 5.92 Å². The van der Waals surface area contributed by atoms with Gasteiger partial charge in [0.2, 0.25) is 11.8 Å². The topological polar surface area (TPSA) is 162 Å². The van der Waals surface area contributed by atoms with E-state index in [4.69, 9.17) is 25.8 Å². The van der Waals surface area contributed by atoms with Crippen LogP contribution in [0.25, 0.3) is 0 Å². The van der Waals surface area contributed by atoms with E-state index >= 15 is 0 Å². The molecule has 14 heteroatoms. The summed E-state index contributed by atoms with van der Waals surface area (Å²) in [5, 5.41) is 9.93. The van der Waals surface area contributed by atoms with Gasteiger partial charge < -0.3 is 30.2 Å². The van der Waals surface area contributed by atoms with Crippen molar-refractivity contribution in [3.05, 3.63) is 28.2 Å². The Kier molecular flexibility index (Phi) is 14.8. The molecule has 3 N–H and O–H groups in total. The minimum atomic E-state index is -1.41. The predicted molar refractivity (Wildman–Crippen MR) is 168 cm³/mol. The average molecular weight is 659 g/mol. The SMILES string of the molecule is CC(C)[C@H](NC(=O)C(C)(C)NC(=O)OC(C)(C)C)C(=O)O[C@H](/C=C/CCCl)CC(=O)NCc1nc(C(=O)OC(C)(C)C)cs1. The number of halogens is 1. The maximum absolute atomic E-state index is 13.2. The summed E-state index contributed by atoms with van der Waals surface area (Å²) in [6.45, 7) is 16.8. The van der Waals surface area contributed by atoms with Crippen molar-refractivity contribution in [2.45, 2.75) is 118 Å². The molecule has 1 aromatic heterocycles. The highest BCUT2D eigenvalue weighted by molar-refractivity contribution is 7.09. The minimum Gasteiger partial charge on any atom is -0.456 e. The van der Waals surface area contributed by atoms with Crippen molar-refractivity contribution in [1.82, 2.24) is 20.9 Å². The zero-order valence-electron chi connectivity index (χ0n) is 27.3. The third-order valence-corrected chi connectivity index (χ3v) is 6.53. The first kappa shape index (κ1) is 38.8. The highest BCUT2D eigenvalue weighted by Crippen LogP contribution is 2.16. The number of hydrogen-bond donors (Lipinski definition) is 3. The number of carbonyl (C=O) groups excluding carboxylic acids is 5. The van der Waals surface area contributed by atoms with E-state index in [1.165, 1.54) is 25.2 Å². The van der Waals surface area contributed by atoms with Crippen LogP contribution in [0.2, 0.25) is 0 Å². The molecule has 0 fully saturated rings. The van der Waals surface area contributed by atoms with E-state index < -0.39 is 58.7 Å². The first-order chi connectivity index (χ1) is 20.1. The van der Waals surface area contributed by atoms with Crippen LogP contribution in [-0.4, -0.2) is 69.6 Å². The number of carbonyl (C=O) groups is 5. The number of alkyl halides is 1. The van der Waals surface area contributed by atoms with Crippen LogP contribution in [0, 0.1) is 5.92 Å². The van der Waals surface area contributed by atoms with Crippen molar-refractivity contribution in [3.63, 3.8) is 0 Å². The molecular formula is C30H47ClN4O8S. The van der Waals surface area contributed by atoms with Crippen LogP contribution in [-0.2, 0) is 35.1 Å². The average Bonchev–Trinajstić information content (AvgIpc) is 3.32. The van der Waals surface area contributed by atoms with Crippen molar-refractivity contribution in [1.29, 1.82) is 0 Å². The number of nitrogens with zero attached hydrogens (tertiary/aromatic N) is 1. The summed E-state index contributed by atoms with van der Waals surface area (Å²) in [6.07, 6.45) is 1.80. The second kappa shape index (κ2) is 16.8. The number of nitrogens with one attached hydrogen (secondary N) is 3. The summed E-state index contributed by atoms with van der Waals surface area (Å²) in [6, 6.07) is -1.07. The summed E-state index contributed by atoms with van der Waals surface area (Å²) in [5.74, 6) is -2.41. The lowest BCUT2D eigenvalue weighted by Gasteiger charge is -2.30. The highest BCUT2D eigenvalue weighted by atomic mass is 35.5. The van der Waals surface area contributed by atoms with Gasteiger partial charge in [-0.25, -0.2) is 19.4 Å². The number of hydrogen-bond acceptors (Lipinski definition) is 10. The van der Waals surface area contributed by atoms with Crippen molar-refractivity contribution in [2.75, 3.05) is 5.88 Å². The van der Waals surface area contributed by atoms with E-state index in [9.17, 15) is 24.0 Å². The van der Waals surface area contributed by atoms with Crippen LogP contribution < -0.4 is 16.0 Å². The molecule has 0 radical (unpaired) electrons. The van der Waals surface area contributed by atoms with Crippen LogP contribution >= 0.6 is 22.9 Å². The number of allylic oxidation sites excluding steroid dienone is 1. The normalized spacial score (nSPS) is 13.6. The maximum atomic E-state index is 13.2. The zero-order chi connectivity index (χ0) is 33.9. The van der Waals surface area contributed by atoms with Gasteiger partial charge in [0.05, 0.1) is 13.0 Å². The van der Waals surface area contributed by atoms with Gasteiger partial charge >= 0.3 is 18.0 Å². The second-order valence-electron chi connectivity index (χ2n) is 12.9. The lowest BCUT2D eigenvalue weighted by molar-refractivity contribution is -0.153. The fourth-order valence-electron chi connectivity index (χ4n) is 3.36. The quantitative estimate of drug-likeness (QED) is 0.112. The molecular weight excluding hydrogens is 612 g/mol. The van der Waals surface area contributed by atoms with Gasteiger partial charge in [-0.1, -0.05) is 19.9 Å². The molecule has 0 saturated carbocycles. The van der Waals surface area contributed by atoms with Gasteiger partial charge in [-0.2, -0.15) is 0 Å². The monoisotopic (exact) mass is 658 g/mol. The Morgan fingerprint density at radius 1 is 1.00 bits per heavy atom. The molecule has 0 aliphatic carbocycles. The molecule has 1 rings (SSSR count). The summed E-state index contributed by atoms with van der Waals surface area (Å²) in [4.78, 5) is 67.8. The number of amides is 3. The van der Waals surface area contributed by atoms with Crippen LogP contribution in [0.4, 0.5) is 4.79 Å². The van der Waals surface area contributed by atoms with E-state index in [0.717, 1.165) is 0 Å². The van der Waals surface area contributed by atoms with Crippen molar-refractivity contribution < 1.29 is 38.2 Å². The molecule has 0 unspecified atom stereocenters. The first-order valence-corrected chi connectivity index (χ1v) is 15.7. The van der Waals surface area contributed by atoms with E-state index in [2.05, 4.69) is 20.9 Å². The molecule has 0 bridgehead atoms. The molecule has 2 atom stereocenters. The van der Waals surface area contributed by atoms with Crippen LogP contribution in [0.1, 0.15) is 97.6 Å². The molecule has 0 spiro atoms. The van der Waals surface area contributed by atoms with Crippen LogP contribution in [0.5, 0.6) is 0 Å². The lowest BCUT2D eigenvalue weighted by Crippen LogP contribution is -2.59. The third-order valence-electron chi connectivity index (χ3n) is 5.47. The number of thiazole rings is 1. The molecule has 1 heterocycles. The van der Waals surface area contributed by atoms with E-state index in [1.807, 2.05) is 0 Å². The number of rotatable bonds is 14. The van der Waals surface area contributed by atoms with Gasteiger partial charge in [0.25, 0.3) is 0 Å². The third kappa shape index (κ3) is 15.0. The summed E-state index contributed by atoms with van der Waals surface area (Å²) >= 11 is 6.97. The molecule has 0 aliphatic heterocycles. The van der Waals surface area contributed by atoms with Gasteiger partial charge in [0, 0.05) is 11.3 Å².